The zero-order chi connectivity index (χ0) is 22.9. The number of nitrogens with one attached hydrogen (secondary N) is 1. The van der Waals surface area contributed by atoms with Gasteiger partial charge in [0.05, 0.1) is 28.6 Å². The van der Waals surface area contributed by atoms with Crippen molar-refractivity contribution in [2.45, 2.75) is 12.5 Å². The molecule has 1 aliphatic heterocycles. The number of sulfonamides is 1. The van der Waals surface area contributed by atoms with Gasteiger partial charge in [0.2, 0.25) is 10.0 Å². The lowest BCUT2D eigenvalue weighted by atomic mass is 9.97. The second-order valence-corrected chi connectivity index (χ2v) is 9.57. The Morgan fingerprint density at radius 3 is 2.53 bits per heavy atom. The Morgan fingerprint density at radius 2 is 1.81 bits per heavy atom. The predicted octanol–water partition coefficient (Wildman–Crippen LogP) is 4.41. The first-order valence-electron chi connectivity index (χ1n) is 9.74. The third kappa shape index (κ3) is 4.61. The van der Waals surface area contributed by atoms with Crippen molar-refractivity contribution in [3.05, 3.63) is 94.5 Å². The molecule has 0 fully saturated rings. The maximum absolute atomic E-state index is 13.4. The van der Waals surface area contributed by atoms with Crippen LogP contribution in [0.15, 0.2) is 77.9 Å². The van der Waals surface area contributed by atoms with Crippen molar-refractivity contribution in [2.75, 3.05) is 11.0 Å². The number of phenols is 1. The molecule has 0 bridgehead atoms. The van der Waals surface area contributed by atoms with Gasteiger partial charge in [-0.1, -0.05) is 54.1 Å². The number of halogens is 1. The summed E-state index contributed by atoms with van der Waals surface area (Å²) in [7, 11) is -3.44. The molecule has 0 saturated heterocycles. The largest absolute Gasteiger partial charge is 0.508 e. The number of hydrogen-bond acceptors (Lipinski definition) is 5. The van der Waals surface area contributed by atoms with Crippen LogP contribution in [0.2, 0.25) is 5.02 Å². The van der Waals surface area contributed by atoms with E-state index in [1.165, 1.54) is 5.01 Å². The van der Waals surface area contributed by atoms with Gasteiger partial charge >= 0.3 is 0 Å². The number of nitrogens with zero attached hydrogens (tertiary/aromatic N) is 2. The first kappa shape index (κ1) is 21.9. The van der Waals surface area contributed by atoms with Crippen molar-refractivity contribution in [2.24, 2.45) is 5.10 Å². The highest BCUT2D eigenvalue weighted by Gasteiger charge is 2.35. The number of hydrogen-bond donors (Lipinski definition) is 2. The molecule has 1 amide bonds. The third-order valence-corrected chi connectivity index (χ3v) is 5.95. The summed E-state index contributed by atoms with van der Waals surface area (Å²) >= 11 is 6.25. The van der Waals surface area contributed by atoms with E-state index in [0.717, 1.165) is 6.26 Å². The van der Waals surface area contributed by atoms with Crippen LogP contribution in [0, 0.1) is 0 Å². The molecular weight excluding hydrogens is 450 g/mol. The number of benzene rings is 3. The first-order chi connectivity index (χ1) is 15.2. The Kier molecular flexibility index (Phi) is 5.90. The van der Waals surface area contributed by atoms with Gasteiger partial charge in [0, 0.05) is 17.7 Å². The van der Waals surface area contributed by atoms with Crippen LogP contribution in [0.4, 0.5) is 5.69 Å². The molecule has 3 aromatic carbocycles. The topological polar surface area (TPSA) is 99.1 Å². The third-order valence-electron chi connectivity index (χ3n) is 5.02. The fourth-order valence-corrected chi connectivity index (χ4v) is 4.39. The normalized spacial score (nSPS) is 16.0. The minimum atomic E-state index is -3.44. The summed E-state index contributed by atoms with van der Waals surface area (Å²) in [6.07, 6.45) is 1.40. The van der Waals surface area contributed by atoms with E-state index in [4.69, 9.17) is 11.6 Å². The van der Waals surface area contributed by atoms with Gasteiger partial charge in [0.1, 0.15) is 5.75 Å². The van der Waals surface area contributed by atoms with E-state index in [0.29, 0.717) is 39.5 Å². The summed E-state index contributed by atoms with van der Waals surface area (Å²) in [5.74, 6) is -0.345. The average Bonchev–Trinajstić information content (AvgIpc) is 3.18. The molecule has 1 atom stereocenters. The van der Waals surface area contributed by atoms with Crippen molar-refractivity contribution in [3.63, 3.8) is 0 Å². The van der Waals surface area contributed by atoms with Crippen LogP contribution in [0.5, 0.6) is 5.75 Å². The highest BCUT2D eigenvalue weighted by molar-refractivity contribution is 7.92. The van der Waals surface area contributed by atoms with Crippen LogP contribution in [-0.2, 0) is 10.0 Å². The molecule has 1 heterocycles. The van der Waals surface area contributed by atoms with Gasteiger partial charge in [-0.15, -0.1) is 0 Å². The Bertz CT molecular complexity index is 1320. The molecule has 3 aromatic rings. The number of para-hydroxylation sites is 1. The number of carbonyl (C=O) groups excluding carboxylic acids is 1. The minimum absolute atomic E-state index is 0.0541. The number of aromatic hydroxyl groups is 1. The smallest absolute Gasteiger partial charge is 0.276 e. The van der Waals surface area contributed by atoms with Crippen molar-refractivity contribution < 1.29 is 18.3 Å². The molecule has 0 radical (unpaired) electrons. The zero-order valence-corrected chi connectivity index (χ0v) is 18.6. The van der Waals surface area contributed by atoms with Gasteiger partial charge < -0.3 is 5.11 Å². The lowest BCUT2D eigenvalue weighted by molar-refractivity contribution is 0.0710. The maximum Gasteiger partial charge on any atom is 0.276 e. The summed E-state index contributed by atoms with van der Waals surface area (Å²) in [4.78, 5) is 13.4. The molecule has 0 unspecified atom stereocenters. The lowest BCUT2D eigenvalue weighted by Crippen LogP contribution is -2.27. The molecule has 4 rings (SSSR count). The van der Waals surface area contributed by atoms with Gasteiger partial charge in [0.25, 0.3) is 5.91 Å². The first-order valence-corrected chi connectivity index (χ1v) is 12.0. The molecular formula is C23H20ClN3O4S. The van der Waals surface area contributed by atoms with Crippen LogP contribution < -0.4 is 4.72 Å². The molecule has 0 saturated carbocycles. The van der Waals surface area contributed by atoms with E-state index in [2.05, 4.69) is 9.82 Å². The van der Waals surface area contributed by atoms with Crippen LogP contribution in [0.25, 0.3) is 0 Å². The molecule has 1 aliphatic rings. The van der Waals surface area contributed by atoms with Crippen LogP contribution >= 0.6 is 11.6 Å². The monoisotopic (exact) mass is 469 g/mol. The predicted molar refractivity (Wildman–Crippen MR) is 125 cm³/mol. The second kappa shape index (κ2) is 8.64. The quantitative estimate of drug-likeness (QED) is 0.578. The fourth-order valence-electron chi connectivity index (χ4n) is 3.62. The standard InChI is InChI=1S/C23H20ClN3O4S/c1-32(30,31)26-16-8-6-7-15(13-16)20-14-21(18-10-3-5-12-22(18)28)27(25-20)23(29)17-9-2-4-11-19(17)24/h2-13,21,26,28H,14H2,1H3/t21-/m1/s1. The van der Waals surface area contributed by atoms with E-state index < -0.39 is 22.0 Å². The van der Waals surface area contributed by atoms with Gasteiger partial charge in [-0.25, -0.2) is 13.4 Å². The second-order valence-electron chi connectivity index (χ2n) is 7.41. The fraction of sp³-hybridized carbons (Fsp3) is 0.130. The van der Waals surface area contributed by atoms with Gasteiger partial charge in [-0.3, -0.25) is 9.52 Å². The highest BCUT2D eigenvalue weighted by atomic mass is 35.5. The van der Waals surface area contributed by atoms with Crippen molar-refractivity contribution in [1.29, 1.82) is 0 Å². The van der Waals surface area contributed by atoms with Crippen molar-refractivity contribution >= 4 is 38.9 Å². The molecule has 164 valence electrons. The zero-order valence-electron chi connectivity index (χ0n) is 17.1. The molecule has 0 spiro atoms. The number of phenolic OH excluding ortho intramolecular Hbond substituents is 1. The molecule has 9 heteroatoms. The van der Waals surface area contributed by atoms with Crippen LogP contribution in [0.3, 0.4) is 0 Å². The van der Waals surface area contributed by atoms with Gasteiger partial charge in [-0.2, -0.15) is 5.10 Å². The van der Waals surface area contributed by atoms with Crippen LogP contribution in [0.1, 0.15) is 33.9 Å². The number of amides is 1. The number of anilines is 1. The summed E-state index contributed by atoms with van der Waals surface area (Å²) in [6.45, 7) is 0. The van der Waals surface area contributed by atoms with E-state index in [9.17, 15) is 18.3 Å². The average molecular weight is 470 g/mol. The van der Waals surface area contributed by atoms with E-state index in [-0.39, 0.29) is 5.75 Å². The summed E-state index contributed by atoms with van der Waals surface area (Å²) in [5.41, 5.74) is 2.48. The SMILES string of the molecule is CS(=O)(=O)Nc1cccc(C2=NN(C(=O)c3ccccc3Cl)[C@@H](c3ccccc3O)C2)c1. The van der Waals surface area contributed by atoms with Gasteiger partial charge in [-0.05, 0) is 35.9 Å². The molecule has 0 aliphatic carbocycles. The minimum Gasteiger partial charge on any atom is -0.508 e. The van der Waals surface area contributed by atoms with Crippen LogP contribution in [-0.4, -0.2) is 36.4 Å². The summed E-state index contributed by atoms with van der Waals surface area (Å²) in [6, 6.07) is 19.7. The number of rotatable bonds is 5. The highest BCUT2D eigenvalue weighted by Crippen LogP contribution is 2.38. The Morgan fingerprint density at radius 1 is 1.09 bits per heavy atom. The number of hydrazone groups is 1. The summed E-state index contributed by atoms with van der Waals surface area (Å²) in [5, 5.41) is 16.6. The van der Waals surface area contributed by atoms with E-state index >= 15 is 0 Å². The van der Waals surface area contributed by atoms with E-state index in [1.807, 2.05) is 0 Å². The van der Waals surface area contributed by atoms with Gasteiger partial charge in [0.15, 0.2) is 0 Å². The van der Waals surface area contributed by atoms with Crippen molar-refractivity contribution in [3.8, 4) is 5.75 Å². The lowest BCUT2D eigenvalue weighted by Gasteiger charge is -2.23. The molecule has 32 heavy (non-hydrogen) atoms. The maximum atomic E-state index is 13.4. The Balaban J connectivity index is 1.76. The number of carbonyl (C=O) groups is 1. The molecule has 0 aromatic heterocycles. The summed E-state index contributed by atoms with van der Waals surface area (Å²) < 4.78 is 25.7. The van der Waals surface area contributed by atoms with E-state index in [1.54, 1.807) is 72.8 Å². The molecule has 2 N–H and O–H groups in total. The Labute approximate surface area is 191 Å². The Hall–Kier alpha value is -3.36. The van der Waals surface area contributed by atoms with Crippen molar-refractivity contribution in [1.82, 2.24) is 5.01 Å². The molecule has 7 nitrogen and oxygen atoms in total.